The van der Waals surface area contributed by atoms with E-state index in [1.807, 2.05) is 0 Å². The number of hydrogen-bond donors (Lipinski definition) is 2. The first-order chi connectivity index (χ1) is 7.02. The van der Waals surface area contributed by atoms with Crippen LogP contribution in [0.25, 0.3) is 0 Å². The van der Waals surface area contributed by atoms with E-state index >= 15 is 0 Å². The number of alkyl carbamates (subject to hydrolysis) is 1. The van der Waals surface area contributed by atoms with Gasteiger partial charge >= 0.3 is 6.09 Å². The van der Waals surface area contributed by atoms with E-state index in [4.69, 9.17) is 0 Å². The first-order valence-corrected chi connectivity index (χ1v) is 5.58. The van der Waals surface area contributed by atoms with E-state index in [-0.39, 0.29) is 24.0 Å². The Morgan fingerprint density at radius 2 is 1.81 bits per heavy atom. The third-order valence-corrected chi connectivity index (χ3v) is 2.55. The summed E-state index contributed by atoms with van der Waals surface area (Å²) in [6, 6.07) is 0. The standard InChI is InChI=1S/C11H24N2O2.ClH/c1-5-11(2,3)13-9-7-6-8-12-10(14)15-4;/h13H,5-9H2,1-4H3,(H,12,14);1H. The van der Waals surface area contributed by atoms with Crippen molar-refractivity contribution >= 4 is 18.5 Å². The van der Waals surface area contributed by atoms with Crippen LogP contribution >= 0.6 is 12.4 Å². The van der Waals surface area contributed by atoms with Crippen LogP contribution < -0.4 is 10.6 Å². The zero-order valence-corrected chi connectivity index (χ0v) is 11.6. The van der Waals surface area contributed by atoms with E-state index in [2.05, 4.69) is 36.1 Å². The second-order valence-electron chi connectivity index (χ2n) is 4.29. The molecule has 98 valence electrons. The molecule has 0 fully saturated rings. The van der Waals surface area contributed by atoms with Gasteiger partial charge in [0.2, 0.25) is 0 Å². The minimum absolute atomic E-state index is 0. The van der Waals surface area contributed by atoms with Crippen molar-refractivity contribution in [2.75, 3.05) is 20.2 Å². The molecule has 2 N–H and O–H groups in total. The van der Waals surface area contributed by atoms with Gasteiger partial charge in [-0.1, -0.05) is 6.92 Å². The zero-order chi connectivity index (χ0) is 11.7. The molecule has 0 aliphatic heterocycles. The quantitative estimate of drug-likeness (QED) is 0.684. The number of carbonyl (C=O) groups excluding carboxylic acids is 1. The van der Waals surface area contributed by atoms with Gasteiger partial charge in [-0.05, 0) is 39.7 Å². The molecule has 0 aliphatic carbocycles. The van der Waals surface area contributed by atoms with Crippen molar-refractivity contribution in [1.82, 2.24) is 10.6 Å². The summed E-state index contributed by atoms with van der Waals surface area (Å²) >= 11 is 0. The third kappa shape index (κ3) is 10.1. The van der Waals surface area contributed by atoms with E-state index in [9.17, 15) is 4.79 Å². The summed E-state index contributed by atoms with van der Waals surface area (Å²) in [6.07, 6.45) is 2.81. The van der Waals surface area contributed by atoms with Crippen LogP contribution in [-0.2, 0) is 4.74 Å². The van der Waals surface area contributed by atoms with Crippen LogP contribution in [0.1, 0.15) is 40.0 Å². The van der Waals surface area contributed by atoms with Gasteiger partial charge in [0.05, 0.1) is 7.11 Å². The Labute approximate surface area is 105 Å². The minimum Gasteiger partial charge on any atom is -0.453 e. The summed E-state index contributed by atoms with van der Waals surface area (Å²) in [5, 5.41) is 6.12. The molecule has 1 amide bonds. The molecule has 0 aromatic rings. The highest BCUT2D eigenvalue weighted by molar-refractivity contribution is 5.85. The molecule has 0 atom stereocenters. The number of unbranched alkanes of at least 4 members (excludes halogenated alkanes) is 1. The molecule has 4 nitrogen and oxygen atoms in total. The fourth-order valence-corrected chi connectivity index (χ4v) is 1.06. The van der Waals surface area contributed by atoms with Crippen LogP contribution in [0, 0.1) is 0 Å². The molecule has 0 rings (SSSR count). The Morgan fingerprint density at radius 1 is 1.25 bits per heavy atom. The second-order valence-corrected chi connectivity index (χ2v) is 4.29. The van der Waals surface area contributed by atoms with Crippen molar-refractivity contribution in [1.29, 1.82) is 0 Å². The largest absolute Gasteiger partial charge is 0.453 e. The predicted molar refractivity (Wildman–Crippen MR) is 69.3 cm³/mol. The number of hydrogen-bond acceptors (Lipinski definition) is 3. The van der Waals surface area contributed by atoms with Gasteiger partial charge < -0.3 is 15.4 Å². The molecule has 5 heteroatoms. The number of methoxy groups -OCH3 is 1. The van der Waals surface area contributed by atoms with Gasteiger partial charge in [0.1, 0.15) is 0 Å². The van der Waals surface area contributed by atoms with Crippen LogP contribution in [0.5, 0.6) is 0 Å². The SMILES string of the molecule is CCC(C)(C)NCCCCNC(=O)OC.Cl. The molecular formula is C11H25ClN2O2. The average Bonchev–Trinajstić information content (AvgIpc) is 2.22. The number of amides is 1. The lowest BCUT2D eigenvalue weighted by molar-refractivity contribution is 0.171. The van der Waals surface area contributed by atoms with Crippen molar-refractivity contribution in [3.05, 3.63) is 0 Å². The first kappa shape index (κ1) is 17.9. The number of nitrogens with one attached hydrogen (secondary N) is 2. The highest BCUT2D eigenvalue weighted by Gasteiger charge is 2.12. The number of rotatable bonds is 7. The van der Waals surface area contributed by atoms with Gasteiger partial charge in [-0.25, -0.2) is 4.79 Å². The summed E-state index contributed by atoms with van der Waals surface area (Å²) < 4.78 is 4.46. The third-order valence-electron chi connectivity index (χ3n) is 2.55. The lowest BCUT2D eigenvalue weighted by Gasteiger charge is -2.24. The summed E-state index contributed by atoms with van der Waals surface area (Å²) in [5.74, 6) is 0. The molecule has 0 aromatic heterocycles. The molecule has 0 heterocycles. The van der Waals surface area contributed by atoms with Crippen molar-refractivity contribution in [3.63, 3.8) is 0 Å². The van der Waals surface area contributed by atoms with Crippen molar-refractivity contribution < 1.29 is 9.53 Å². The highest BCUT2D eigenvalue weighted by Crippen LogP contribution is 2.06. The normalized spacial score (nSPS) is 10.5. The Kier molecular flexibility index (Phi) is 10.9. The number of carbonyl (C=O) groups is 1. The summed E-state index contributed by atoms with van der Waals surface area (Å²) in [6.45, 7) is 8.23. The smallest absolute Gasteiger partial charge is 0.406 e. The van der Waals surface area contributed by atoms with E-state index in [0.717, 1.165) is 25.8 Å². The van der Waals surface area contributed by atoms with Crippen LogP contribution in [0.2, 0.25) is 0 Å². The van der Waals surface area contributed by atoms with Crippen LogP contribution in [0.15, 0.2) is 0 Å². The molecule has 0 aromatic carbocycles. The first-order valence-electron chi connectivity index (χ1n) is 5.58. The van der Waals surface area contributed by atoms with E-state index in [0.29, 0.717) is 6.54 Å². The maximum Gasteiger partial charge on any atom is 0.406 e. The fourth-order valence-electron chi connectivity index (χ4n) is 1.06. The van der Waals surface area contributed by atoms with Gasteiger partial charge in [0.25, 0.3) is 0 Å². The van der Waals surface area contributed by atoms with Crippen molar-refractivity contribution in [2.24, 2.45) is 0 Å². The maximum absolute atomic E-state index is 10.7. The maximum atomic E-state index is 10.7. The summed E-state index contributed by atoms with van der Waals surface area (Å²) in [4.78, 5) is 10.7. The van der Waals surface area contributed by atoms with Crippen LogP contribution in [-0.4, -0.2) is 31.8 Å². The molecule has 0 aliphatic rings. The molecule has 0 spiro atoms. The molecule has 0 radical (unpaired) electrons. The Bertz CT molecular complexity index is 187. The average molecular weight is 253 g/mol. The Morgan fingerprint density at radius 3 is 2.31 bits per heavy atom. The molecule has 0 saturated heterocycles. The van der Waals surface area contributed by atoms with Crippen LogP contribution in [0.3, 0.4) is 0 Å². The Hall–Kier alpha value is -0.480. The molecule has 0 saturated carbocycles. The van der Waals surface area contributed by atoms with Gasteiger partial charge in [-0.2, -0.15) is 0 Å². The van der Waals surface area contributed by atoms with E-state index in [1.54, 1.807) is 0 Å². The summed E-state index contributed by atoms with van der Waals surface area (Å²) in [5.41, 5.74) is 0.218. The lowest BCUT2D eigenvalue weighted by atomic mass is 10.0. The lowest BCUT2D eigenvalue weighted by Crippen LogP contribution is -2.39. The van der Waals surface area contributed by atoms with Gasteiger partial charge in [-0.15, -0.1) is 12.4 Å². The van der Waals surface area contributed by atoms with E-state index < -0.39 is 0 Å². The molecule has 16 heavy (non-hydrogen) atoms. The molecule has 0 bridgehead atoms. The number of ether oxygens (including phenoxy) is 1. The van der Waals surface area contributed by atoms with Crippen molar-refractivity contribution in [3.8, 4) is 0 Å². The van der Waals surface area contributed by atoms with Gasteiger partial charge in [0.15, 0.2) is 0 Å². The molecule has 0 unspecified atom stereocenters. The zero-order valence-electron chi connectivity index (χ0n) is 10.8. The van der Waals surface area contributed by atoms with E-state index in [1.165, 1.54) is 7.11 Å². The van der Waals surface area contributed by atoms with Gasteiger partial charge in [0, 0.05) is 12.1 Å². The fraction of sp³-hybridized carbons (Fsp3) is 0.909. The minimum atomic E-state index is -0.350. The predicted octanol–water partition coefficient (Wildman–Crippen LogP) is 2.32. The van der Waals surface area contributed by atoms with Crippen LogP contribution in [0.4, 0.5) is 4.79 Å². The number of halogens is 1. The molecular weight excluding hydrogens is 228 g/mol. The highest BCUT2D eigenvalue weighted by atomic mass is 35.5. The monoisotopic (exact) mass is 252 g/mol. The van der Waals surface area contributed by atoms with Crippen molar-refractivity contribution in [2.45, 2.75) is 45.6 Å². The summed E-state index contributed by atoms with van der Waals surface area (Å²) in [7, 11) is 1.38. The topological polar surface area (TPSA) is 50.4 Å². The van der Waals surface area contributed by atoms with Gasteiger partial charge in [-0.3, -0.25) is 0 Å². The Balaban J connectivity index is 0. The second kappa shape index (κ2) is 9.73.